The predicted octanol–water partition coefficient (Wildman–Crippen LogP) is 2.40. The third-order valence-corrected chi connectivity index (χ3v) is 2.70. The number of rotatable bonds is 8. The lowest BCUT2D eigenvalue weighted by atomic mass is 10.0. The van der Waals surface area contributed by atoms with Crippen molar-refractivity contribution >= 4 is 11.8 Å². The van der Waals surface area contributed by atoms with E-state index in [9.17, 15) is 9.50 Å². The first-order chi connectivity index (χ1) is 8.98. The Morgan fingerprint density at radius 2 is 2.05 bits per heavy atom. The molecule has 0 fully saturated rings. The second-order valence-electron chi connectivity index (χ2n) is 4.92. The molecule has 0 radical (unpaired) electrons. The van der Waals surface area contributed by atoms with Crippen LogP contribution in [0.2, 0.25) is 0 Å². The quantitative estimate of drug-likeness (QED) is 0.676. The van der Waals surface area contributed by atoms with Crippen molar-refractivity contribution in [3.05, 3.63) is 12.0 Å². The largest absolute Gasteiger partial charge is 0.388 e. The number of hydrogen-bond acceptors (Lipinski definition) is 5. The number of nitrogens with zero attached hydrogens (tertiary/aromatic N) is 2. The summed E-state index contributed by atoms with van der Waals surface area (Å²) in [7, 11) is 0. The van der Waals surface area contributed by atoms with Crippen molar-refractivity contribution in [3.63, 3.8) is 0 Å². The highest BCUT2D eigenvalue weighted by Crippen LogP contribution is 2.16. The van der Waals surface area contributed by atoms with Crippen molar-refractivity contribution in [2.75, 3.05) is 23.7 Å². The minimum absolute atomic E-state index is 0.116. The molecule has 0 saturated carbocycles. The minimum Gasteiger partial charge on any atom is -0.388 e. The first-order valence-corrected chi connectivity index (χ1v) is 6.71. The summed E-state index contributed by atoms with van der Waals surface area (Å²) in [5.74, 6) is -0.0137. The Bertz CT molecular complexity index is 398. The molecule has 0 aliphatic carbocycles. The van der Waals surface area contributed by atoms with E-state index in [1.165, 1.54) is 0 Å². The van der Waals surface area contributed by atoms with E-state index in [2.05, 4.69) is 20.6 Å². The van der Waals surface area contributed by atoms with Crippen LogP contribution in [0.25, 0.3) is 0 Å². The molecule has 108 valence electrons. The first kappa shape index (κ1) is 15.6. The Morgan fingerprint density at radius 1 is 1.32 bits per heavy atom. The van der Waals surface area contributed by atoms with Crippen molar-refractivity contribution in [1.29, 1.82) is 0 Å². The maximum Gasteiger partial charge on any atom is 0.224 e. The van der Waals surface area contributed by atoms with Crippen LogP contribution in [0.4, 0.5) is 16.2 Å². The van der Waals surface area contributed by atoms with Gasteiger partial charge >= 0.3 is 0 Å². The van der Waals surface area contributed by atoms with Gasteiger partial charge in [0.2, 0.25) is 5.95 Å². The maximum atomic E-state index is 13.6. The second kappa shape index (κ2) is 7.23. The van der Waals surface area contributed by atoms with E-state index < -0.39 is 11.4 Å². The fraction of sp³-hybridized carbons (Fsp3) is 0.692. The fourth-order valence-corrected chi connectivity index (χ4v) is 1.71. The number of anilines is 2. The number of aliphatic hydroxyl groups is 1. The zero-order valence-electron chi connectivity index (χ0n) is 11.8. The Kier molecular flexibility index (Phi) is 5.95. The van der Waals surface area contributed by atoms with Crippen molar-refractivity contribution in [2.24, 2.45) is 0 Å². The van der Waals surface area contributed by atoms with Gasteiger partial charge in [0.1, 0.15) is 0 Å². The van der Waals surface area contributed by atoms with Crippen molar-refractivity contribution in [2.45, 2.75) is 45.6 Å². The van der Waals surface area contributed by atoms with Crippen LogP contribution >= 0.6 is 0 Å². The standard InChI is InChI=1S/C13H23FN4O/c1-4-6-13(3,19)9-17-11-10(14)8-16-12(18-11)15-7-5-2/h8,19H,4-7,9H2,1-3H3,(H2,15,16,17,18). The van der Waals surface area contributed by atoms with Gasteiger partial charge in [-0.3, -0.25) is 0 Å². The summed E-state index contributed by atoms with van der Waals surface area (Å²) in [6, 6.07) is 0. The SMILES string of the molecule is CCCNc1ncc(F)c(NCC(C)(O)CCC)n1. The molecule has 1 unspecified atom stereocenters. The molecular formula is C13H23FN4O. The number of hydrogen-bond donors (Lipinski definition) is 3. The third kappa shape index (κ3) is 5.38. The molecule has 0 aromatic carbocycles. The average Bonchev–Trinajstić information content (AvgIpc) is 2.36. The highest BCUT2D eigenvalue weighted by atomic mass is 19.1. The molecule has 0 saturated heterocycles. The average molecular weight is 270 g/mol. The summed E-state index contributed by atoms with van der Waals surface area (Å²) in [5.41, 5.74) is -0.872. The molecule has 1 aromatic rings. The van der Waals surface area contributed by atoms with E-state index >= 15 is 0 Å². The molecule has 1 atom stereocenters. The van der Waals surface area contributed by atoms with Gasteiger partial charge in [-0.25, -0.2) is 9.37 Å². The summed E-state index contributed by atoms with van der Waals surface area (Å²) >= 11 is 0. The van der Waals surface area contributed by atoms with E-state index in [4.69, 9.17) is 0 Å². The van der Waals surface area contributed by atoms with Crippen molar-refractivity contribution in [3.8, 4) is 0 Å². The summed E-state index contributed by atoms with van der Waals surface area (Å²) < 4.78 is 13.6. The lowest BCUT2D eigenvalue weighted by Crippen LogP contribution is -2.33. The van der Waals surface area contributed by atoms with Crippen LogP contribution in [0.1, 0.15) is 40.0 Å². The highest BCUT2D eigenvalue weighted by Gasteiger charge is 2.19. The molecule has 3 N–H and O–H groups in total. The van der Waals surface area contributed by atoms with Crippen molar-refractivity contribution in [1.82, 2.24) is 9.97 Å². The molecule has 1 heterocycles. The van der Waals surface area contributed by atoms with E-state index in [0.29, 0.717) is 12.4 Å². The molecule has 6 heteroatoms. The third-order valence-electron chi connectivity index (χ3n) is 2.70. The van der Waals surface area contributed by atoms with E-state index in [-0.39, 0.29) is 12.4 Å². The van der Waals surface area contributed by atoms with Crippen LogP contribution in [0.5, 0.6) is 0 Å². The fourth-order valence-electron chi connectivity index (χ4n) is 1.71. The molecule has 5 nitrogen and oxygen atoms in total. The van der Waals surface area contributed by atoms with Gasteiger partial charge in [-0.2, -0.15) is 4.98 Å². The van der Waals surface area contributed by atoms with Gasteiger partial charge in [-0.1, -0.05) is 20.3 Å². The van der Waals surface area contributed by atoms with Gasteiger partial charge in [-0.15, -0.1) is 0 Å². The van der Waals surface area contributed by atoms with Crippen LogP contribution in [0.15, 0.2) is 6.20 Å². The van der Waals surface area contributed by atoms with Crippen LogP contribution in [0, 0.1) is 5.82 Å². The molecule has 0 bridgehead atoms. The zero-order chi connectivity index (χ0) is 14.3. The summed E-state index contributed by atoms with van der Waals surface area (Å²) in [6.07, 6.45) is 3.58. The topological polar surface area (TPSA) is 70.1 Å². The number of aromatic nitrogens is 2. The predicted molar refractivity (Wildman–Crippen MR) is 74.8 cm³/mol. The minimum atomic E-state index is -0.872. The summed E-state index contributed by atoms with van der Waals surface area (Å²) in [5, 5.41) is 15.9. The van der Waals surface area contributed by atoms with Gasteiger partial charge in [-0.05, 0) is 19.8 Å². The van der Waals surface area contributed by atoms with E-state index in [0.717, 1.165) is 25.6 Å². The normalized spacial score (nSPS) is 13.9. The zero-order valence-corrected chi connectivity index (χ0v) is 11.8. The Balaban J connectivity index is 2.66. The smallest absolute Gasteiger partial charge is 0.224 e. The van der Waals surface area contributed by atoms with Gasteiger partial charge in [0.15, 0.2) is 11.6 Å². The molecular weight excluding hydrogens is 247 g/mol. The molecule has 19 heavy (non-hydrogen) atoms. The Labute approximate surface area is 113 Å². The van der Waals surface area contributed by atoms with Crippen LogP contribution in [0.3, 0.4) is 0 Å². The van der Waals surface area contributed by atoms with Crippen LogP contribution in [-0.4, -0.2) is 33.8 Å². The van der Waals surface area contributed by atoms with Crippen molar-refractivity contribution < 1.29 is 9.50 Å². The van der Waals surface area contributed by atoms with Gasteiger partial charge in [0.25, 0.3) is 0 Å². The Morgan fingerprint density at radius 3 is 2.68 bits per heavy atom. The highest BCUT2D eigenvalue weighted by molar-refractivity contribution is 5.41. The molecule has 0 aliphatic rings. The van der Waals surface area contributed by atoms with Crippen LogP contribution in [-0.2, 0) is 0 Å². The second-order valence-corrected chi connectivity index (χ2v) is 4.92. The Hall–Kier alpha value is -1.43. The van der Waals surface area contributed by atoms with Gasteiger partial charge in [0, 0.05) is 13.1 Å². The lowest BCUT2D eigenvalue weighted by molar-refractivity contribution is 0.0635. The maximum absolute atomic E-state index is 13.6. The monoisotopic (exact) mass is 270 g/mol. The van der Waals surface area contributed by atoms with Crippen LogP contribution < -0.4 is 10.6 Å². The lowest BCUT2D eigenvalue weighted by Gasteiger charge is -2.23. The molecule has 1 rings (SSSR count). The van der Waals surface area contributed by atoms with E-state index in [1.807, 2.05) is 13.8 Å². The molecule has 0 amide bonds. The van der Waals surface area contributed by atoms with Gasteiger partial charge in [0.05, 0.1) is 11.8 Å². The number of halogens is 1. The molecule has 1 aromatic heterocycles. The number of nitrogens with one attached hydrogen (secondary N) is 2. The summed E-state index contributed by atoms with van der Waals surface area (Å²) in [6.45, 7) is 6.73. The van der Waals surface area contributed by atoms with Gasteiger partial charge < -0.3 is 15.7 Å². The summed E-state index contributed by atoms with van der Waals surface area (Å²) in [4.78, 5) is 7.91. The molecule has 0 spiro atoms. The van der Waals surface area contributed by atoms with E-state index in [1.54, 1.807) is 6.92 Å². The first-order valence-electron chi connectivity index (χ1n) is 6.71. The molecule has 0 aliphatic heterocycles.